The molecule has 80 valence electrons. The number of nitrogens with two attached hydrogens (primary N) is 1. The Morgan fingerprint density at radius 3 is 2.29 bits per heavy atom. The van der Waals surface area contributed by atoms with Crippen LogP contribution in [-0.2, 0) is 0 Å². The lowest BCUT2D eigenvalue weighted by atomic mass is 9.67. The van der Waals surface area contributed by atoms with E-state index in [1.54, 1.807) is 0 Å². The van der Waals surface area contributed by atoms with Gasteiger partial charge in [-0.2, -0.15) is 0 Å². The summed E-state index contributed by atoms with van der Waals surface area (Å²) < 4.78 is 0. The van der Waals surface area contributed by atoms with Crippen LogP contribution in [0.2, 0.25) is 0 Å². The van der Waals surface area contributed by atoms with E-state index < -0.39 is 0 Å². The van der Waals surface area contributed by atoms with Crippen LogP contribution >= 0.6 is 0 Å². The summed E-state index contributed by atoms with van der Waals surface area (Å²) in [5.41, 5.74) is 6.91. The molecular formula is C13H23N. The van der Waals surface area contributed by atoms with Crippen LogP contribution in [0.5, 0.6) is 0 Å². The smallest absolute Gasteiger partial charge is 0.0185 e. The molecule has 3 rings (SSSR count). The summed E-state index contributed by atoms with van der Waals surface area (Å²) in [6, 6.07) is 0. The largest absolute Gasteiger partial charge is 0.325 e. The molecule has 0 aromatic heterocycles. The number of fused-ring (bicyclic) bond motifs is 2. The average molecular weight is 193 g/mol. The normalized spacial score (nSPS) is 45.6. The molecular weight excluding hydrogens is 170 g/mol. The summed E-state index contributed by atoms with van der Waals surface area (Å²) >= 11 is 0. The van der Waals surface area contributed by atoms with Gasteiger partial charge in [0.25, 0.3) is 0 Å². The summed E-state index contributed by atoms with van der Waals surface area (Å²) in [6.07, 6.45) is 12.9. The van der Waals surface area contributed by atoms with E-state index in [0.29, 0.717) is 0 Å². The fraction of sp³-hybridized carbons (Fsp3) is 1.00. The zero-order chi connectivity index (χ0) is 9.60. The molecule has 0 aliphatic heterocycles. The van der Waals surface area contributed by atoms with Gasteiger partial charge >= 0.3 is 0 Å². The van der Waals surface area contributed by atoms with Crippen molar-refractivity contribution in [1.82, 2.24) is 0 Å². The predicted molar refractivity (Wildman–Crippen MR) is 58.9 cm³/mol. The standard InChI is InChI=1S/C13H23N/c14-13(6-2-1-3-7-13)12-9-10-4-5-11(12)8-10/h10-12H,1-9,14H2. The van der Waals surface area contributed by atoms with Crippen LogP contribution in [-0.4, -0.2) is 5.54 Å². The minimum absolute atomic E-state index is 0.262. The SMILES string of the molecule is NC1(C2CC3CCC2C3)CCCCC1. The van der Waals surface area contributed by atoms with Crippen LogP contribution in [0.4, 0.5) is 0 Å². The monoisotopic (exact) mass is 193 g/mol. The summed E-state index contributed by atoms with van der Waals surface area (Å²) in [7, 11) is 0. The van der Waals surface area contributed by atoms with Crippen LogP contribution < -0.4 is 5.73 Å². The molecule has 14 heavy (non-hydrogen) atoms. The topological polar surface area (TPSA) is 26.0 Å². The van der Waals surface area contributed by atoms with Crippen molar-refractivity contribution in [1.29, 1.82) is 0 Å². The first-order valence-corrected chi connectivity index (χ1v) is 6.57. The van der Waals surface area contributed by atoms with E-state index in [1.807, 2.05) is 0 Å². The van der Waals surface area contributed by atoms with Gasteiger partial charge in [-0.3, -0.25) is 0 Å². The van der Waals surface area contributed by atoms with Gasteiger partial charge in [0.15, 0.2) is 0 Å². The predicted octanol–water partition coefficient (Wildman–Crippen LogP) is 3.08. The highest BCUT2D eigenvalue weighted by Gasteiger charge is 2.48. The minimum atomic E-state index is 0.262. The quantitative estimate of drug-likeness (QED) is 0.680. The Bertz CT molecular complexity index is 217. The third-order valence-corrected chi connectivity index (χ3v) is 5.26. The van der Waals surface area contributed by atoms with Crippen molar-refractivity contribution >= 4 is 0 Å². The highest BCUT2D eigenvalue weighted by molar-refractivity contribution is 5.03. The molecule has 0 aromatic rings. The molecule has 0 spiro atoms. The number of hydrogen-bond donors (Lipinski definition) is 1. The van der Waals surface area contributed by atoms with E-state index in [9.17, 15) is 0 Å². The second-order valence-electron chi connectivity index (χ2n) is 6.08. The van der Waals surface area contributed by atoms with Gasteiger partial charge in [0.1, 0.15) is 0 Å². The molecule has 1 heteroatoms. The first-order valence-electron chi connectivity index (χ1n) is 6.57. The summed E-state index contributed by atoms with van der Waals surface area (Å²) in [4.78, 5) is 0. The maximum absolute atomic E-state index is 6.65. The van der Waals surface area contributed by atoms with E-state index in [2.05, 4.69) is 0 Å². The molecule has 1 nitrogen and oxygen atoms in total. The van der Waals surface area contributed by atoms with Crippen LogP contribution in [0.25, 0.3) is 0 Å². The number of rotatable bonds is 1. The minimum Gasteiger partial charge on any atom is -0.325 e. The molecule has 3 fully saturated rings. The Morgan fingerprint density at radius 2 is 1.71 bits per heavy atom. The molecule has 2 bridgehead atoms. The lowest BCUT2D eigenvalue weighted by molar-refractivity contribution is 0.140. The molecule has 3 atom stereocenters. The van der Waals surface area contributed by atoms with Crippen LogP contribution in [0.3, 0.4) is 0 Å². The molecule has 3 aliphatic rings. The lowest BCUT2D eigenvalue weighted by Gasteiger charge is -2.42. The molecule has 0 heterocycles. The zero-order valence-corrected chi connectivity index (χ0v) is 9.17. The van der Waals surface area contributed by atoms with Crippen molar-refractivity contribution in [3.05, 3.63) is 0 Å². The van der Waals surface area contributed by atoms with Gasteiger partial charge in [-0.15, -0.1) is 0 Å². The molecule has 0 saturated heterocycles. The van der Waals surface area contributed by atoms with Gasteiger partial charge < -0.3 is 5.73 Å². The van der Waals surface area contributed by atoms with E-state index in [-0.39, 0.29) is 5.54 Å². The van der Waals surface area contributed by atoms with Crippen LogP contribution in [0.15, 0.2) is 0 Å². The fourth-order valence-electron chi connectivity index (χ4n) is 4.53. The van der Waals surface area contributed by atoms with Crippen LogP contribution in [0, 0.1) is 17.8 Å². The average Bonchev–Trinajstić information content (AvgIpc) is 2.80. The van der Waals surface area contributed by atoms with Gasteiger partial charge in [-0.25, -0.2) is 0 Å². The third-order valence-electron chi connectivity index (χ3n) is 5.26. The van der Waals surface area contributed by atoms with E-state index in [1.165, 1.54) is 57.8 Å². The maximum atomic E-state index is 6.65. The Morgan fingerprint density at radius 1 is 0.929 bits per heavy atom. The van der Waals surface area contributed by atoms with Gasteiger partial charge in [0.2, 0.25) is 0 Å². The molecule has 0 radical (unpaired) electrons. The molecule has 3 saturated carbocycles. The Labute approximate surface area is 87.4 Å². The molecule has 3 aliphatic carbocycles. The second-order valence-corrected chi connectivity index (χ2v) is 6.08. The van der Waals surface area contributed by atoms with Crippen molar-refractivity contribution in [2.75, 3.05) is 0 Å². The maximum Gasteiger partial charge on any atom is 0.0185 e. The Kier molecular flexibility index (Phi) is 2.12. The van der Waals surface area contributed by atoms with Crippen molar-refractivity contribution in [3.8, 4) is 0 Å². The Balaban J connectivity index is 1.74. The van der Waals surface area contributed by atoms with Gasteiger partial charge in [-0.1, -0.05) is 25.7 Å². The molecule has 0 aromatic carbocycles. The molecule has 0 amide bonds. The highest BCUT2D eigenvalue weighted by Crippen LogP contribution is 2.54. The molecule has 3 unspecified atom stereocenters. The first kappa shape index (κ1) is 9.21. The second kappa shape index (κ2) is 3.23. The van der Waals surface area contributed by atoms with E-state index >= 15 is 0 Å². The fourth-order valence-corrected chi connectivity index (χ4v) is 4.53. The van der Waals surface area contributed by atoms with E-state index in [0.717, 1.165) is 17.8 Å². The van der Waals surface area contributed by atoms with Crippen molar-refractivity contribution in [2.24, 2.45) is 23.5 Å². The zero-order valence-electron chi connectivity index (χ0n) is 9.17. The third kappa shape index (κ3) is 1.32. The highest BCUT2D eigenvalue weighted by atomic mass is 14.8. The summed E-state index contributed by atoms with van der Waals surface area (Å²) in [5.74, 6) is 2.98. The first-order chi connectivity index (χ1) is 6.78. The lowest BCUT2D eigenvalue weighted by Crippen LogP contribution is -2.50. The molecule has 2 N–H and O–H groups in total. The van der Waals surface area contributed by atoms with Gasteiger partial charge in [0, 0.05) is 5.54 Å². The summed E-state index contributed by atoms with van der Waals surface area (Å²) in [6.45, 7) is 0. The van der Waals surface area contributed by atoms with Crippen LogP contribution in [0.1, 0.15) is 57.8 Å². The van der Waals surface area contributed by atoms with E-state index in [4.69, 9.17) is 5.73 Å². The Hall–Kier alpha value is -0.0400. The van der Waals surface area contributed by atoms with Crippen molar-refractivity contribution in [3.63, 3.8) is 0 Å². The number of hydrogen-bond acceptors (Lipinski definition) is 1. The van der Waals surface area contributed by atoms with Crippen molar-refractivity contribution in [2.45, 2.75) is 63.3 Å². The van der Waals surface area contributed by atoms with Gasteiger partial charge in [0.05, 0.1) is 0 Å². The van der Waals surface area contributed by atoms with Crippen molar-refractivity contribution < 1.29 is 0 Å². The summed E-state index contributed by atoms with van der Waals surface area (Å²) in [5, 5.41) is 0. The van der Waals surface area contributed by atoms with Gasteiger partial charge in [-0.05, 0) is 49.9 Å².